The van der Waals surface area contributed by atoms with Crippen molar-refractivity contribution in [3.63, 3.8) is 0 Å². The lowest BCUT2D eigenvalue weighted by Gasteiger charge is -2.16. The number of benzene rings is 5. The molecule has 10 aromatic rings. The van der Waals surface area contributed by atoms with E-state index in [0.29, 0.717) is 30.2 Å². The number of nitrogens with zero attached hydrogens (tertiary/aromatic N) is 4. The first-order valence-corrected chi connectivity index (χ1v) is 25.6. The van der Waals surface area contributed by atoms with Crippen LogP contribution >= 0.6 is 0 Å². The fraction of sp³-hybridized carbons (Fsp3) is 0.220. The van der Waals surface area contributed by atoms with Gasteiger partial charge in [-0.2, -0.15) is 10.2 Å². The minimum Gasteiger partial charge on any atom is -0.454 e. The average molecular weight is 1010 g/mol. The standard InChI is InChI=1S/C59H48N8O9/c1-31(68)60-27-39-29-66(58(70)72-39)37-17-19-42-32(21-37)8-4-11-44-53(42)62-64-55(44)50-24-36-16-15-34(23-49(36)76-50)41-10-6-14-48-46(41)26-51(75-48)56-45-12-5-9-33-22-38(18-20-43(33)54(45)63-65-56)67-30-40(73-59(67)71)28-61-57(69)52-25-35-7-2-3-13-47(35)74-52/h2-3,6-7,10,13-26,39-40H,4-5,8-9,11-12,27-30H2,1H3,(H,60,68)(H,61,69)(H,62,64)(H,63,65)/t39-,40-/m0/s1. The number of carbonyl (C=O) groups excluding carboxylic acids is 4. The number of para-hydroxylation sites is 1. The van der Waals surface area contributed by atoms with E-state index >= 15 is 0 Å². The molecule has 17 nitrogen and oxygen atoms in total. The van der Waals surface area contributed by atoms with E-state index in [4.69, 9.17) is 32.9 Å². The van der Waals surface area contributed by atoms with Gasteiger partial charge in [0, 0.05) is 56.7 Å². The molecule has 378 valence electrons. The van der Waals surface area contributed by atoms with Crippen LogP contribution in [0.25, 0.3) is 89.5 Å². The van der Waals surface area contributed by atoms with Gasteiger partial charge < -0.3 is 33.4 Å². The fourth-order valence-corrected chi connectivity index (χ4v) is 11.4. The predicted molar refractivity (Wildman–Crippen MR) is 284 cm³/mol. The molecular formula is C59H48N8O9. The van der Waals surface area contributed by atoms with Gasteiger partial charge >= 0.3 is 12.2 Å². The van der Waals surface area contributed by atoms with E-state index in [2.05, 4.69) is 63.3 Å². The number of hydrogen-bond donors (Lipinski definition) is 4. The zero-order chi connectivity index (χ0) is 51.2. The summed E-state index contributed by atoms with van der Waals surface area (Å²) >= 11 is 0. The number of amides is 4. The van der Waals surface area contributed by atoms with Gasteiger partial charge in [0.25, 0.3) is 5.91 Å². The Kier molecular flexibility index (Phi) is 10.7. The van der Waals surface area contributed by atoms with E-state index < -0.39 is 24.4 Å². The van der Waals surface area contributed by atoms with Gasteiger partial charge in [0.2, 0.25) is 5.91 Å². The fourth-order valence-electron chi connectivity index (χ4n) is 11.4. The number of hydrogen-bond acceptors (Lipinski definition) is 11. The van der Waals surface area contributed by atoms with Crippen molar-refractivity contribution in [3.8, 4) is 56.6 Å². The molecule has 2 fully saturated rings. The van der Waals surface area contributed by atoms with E-state index in [0.717, 1.165) is 145 Å². The van der Waals surface area contributed by atoms with Crippen LogP contribution in [-0.4, -0.2) is 82.8 Å². The van der Waals surface area contributed by atoms with E-state index in [1.807, 2.05) is 66.7 Å². The van der Waals surface area contributed by atoms with Crippen LogP contribution in [0.5, 0.6) is 0 Å². The van der Waals surface area contributed by atoms with Crippen LogP contribution in [0.15, 0.2) is 129 Å². The smallest absolute Gasteiger partial charge is 0.414 e. The molecule has 0 radical (unpaired) electrons. The van der Waals surface area contributed by atoms with Gasteiger partial charge in [0.1, 0.15) is 40.3 Å². The molecule has 5 aromatic carbocycles. The predicted octanol–water partition coefficient (Wildman–Crippen LogP) is 10.9. The summed E-state index contributed by atoms with van der Waals surface area (Å²) in [6.45, 7) is 2.52. The van der Waals surface area contributed by atoms with Crippen LogP contribution in [0.3, 0.4) is 0 Å². The van der Waals surface area contributed by atoms with Crippen molar-refractivity contribution in [2.75, 3.05) is 36.0 Å². The Labute approximate surface area is 433 Å². The molecule has 0 bridgehead atoms. The second-order valence-corrected chi connectivity index (χ2v) is 20.0. The molecule has 2 aliphatic heterocycles. The minimum atomic E-state index is -0.528. The molecule has 2 saturated heterocycles. The van der Waals surface area contributed by atoms with Crippen molar-refractivity contribution in [1.82, 2.24) is 31.0 Å². The maximum absolute atomic E-state index is 13.2. The lowest BCUT2D eigenvalue weighted by Crippen LogP contribution is -2.34. The summed E-state index contributed by atoms with van der Waals surface area (Å²) in [4.78, 5) is 53.6. The molecule has 5 aromatic heterocycles. The highest BCUT2D eigenvalue weighted by Gasteiger charge is 2.35. The zero-order valence-electron chi connectivity index (χ0n) is 41.2. The number of aromatic amines is 2. The van der Waals surface area contributed by atoms with E-state index in [1.54, 1.807) is 15.9 Å². The van der Waals surface area contributed by atoms with Crippen molar-refractivity contribution < 1.29 is 41.9 Å². The van der Waals surface area contributed by atoms with Crippen molar-refractivity contribution in [3.05, 3.63) is 143 Å². The van der Waals surface area contributed by atoms with Gasteiger partial charge in [0.05, 0.1) is 37.6 Å². The third kappa shape index (κ3) is 7.84. The Morgan fingerprint density at radius 3 is 1.86 bits per heavy atom. The number of nitrogens with one attached hydrogen (secondary N) is 4. The first kappa shape index (κ1) is 45.3. The molecule has 0 saturated carbocycles. The highest BCUT2D eigenvalue weighted by molar-refractivity contribution is 6.00. The topological polar surface area (TPSA) is 214 Å². The summed E-state index contributed by atoms with van der Waals surface area (Å²) in [7, 11) is 0. The van der Waals surface area contributed by atoms with Crippen LogP contribution in [0, 0.1) is 0 Å². The molecule has 4 amide bonds. The molecule has 17 heteroatoms. The normalized spacial score (nSPS) is 17.0. The average Bonchev–Trinajstić information content (AvgIpc) is 4.31. The molecular weight excluding hydrogens is 965 g/mol. The first-order valence-electron chi connectivity index (χ1n) is 25.6. The van der Waals surface area contributed by atoms with Crippen molar-refractivity contribution in [1.29, 1.82) is 0 Å². The minimum absolute atomic E-state index is 0.149. The van der Waals surface area contributed by atoms with Gasteiger partial charge in [-0.15, -0.1) is 0 Å². The zero-order valence-corrected chi connectivity index (χ0v) is 41.2. The number of cyclic esters (lactones) is 2. The number of furan rings is 3. The summed E-state index contributed by atoms with van der Waals surface area (Å²) in [6.07, 6.45) is 3.12. The quantitative estimate of drug-likeness (QED) is 0.101. The van der Waals surface area contributed by atoms with E-state index in [-0.39, 0.29) is 30.7 Å². The Hall–Kier alpha value is -9.38. The van der Waals surface area contributed by atoms with Crippen molar-refractivity contribution >= 4 is 68.3 Å². The Bertz CT molecular complexity index is 3990. The Morgan fingerprint density at radius 2 is 1.20 bits per heavy atom. The molecule has 4 aliphatic rings. The summed E-state index contributed by atoms with van der Waals surface area (Å²) in [5.74, 6) is 1.02. The summed E-state index contributed by atoms with van der Waals surface area (Å²) in [6, 6.07) is 37.6. The second kappa shape index (κ2) is 17.9. The highest BCUT2D eigenvalue weighted by Crippen LogP contribution is 2.43. The number of rotatable bonds is 10. The van der Waals surface area contributed by atoms with Crippen LogP contribution < -0.4 is 20.4 Å². The van der Waals surface area contributed by atoms with Crippen molar-refractivity contribution in [2.45, 2.75) is 57.7 Å². The highest BCUT2D eigenvalue weighted by atomic mass is 16.6. The number of aromatic nitrogens is 4. The van der Waals surface area contributed by atoms with Gasteiger partial charge in [-0.05, 0) is 121 Å². The molecule has 4 N–H and O–H groups in total. The summed E-state index contributed by atoms with van der Waals surface area (Å²) < 4.78 is 30.2. The molecule has 2 aliphatic carbocycles. The van der Waals surface area contributed by atoms with Gasteiger partial charge in [-0.1, -0.05) is 54.6 Å². The first-order chi connectivity index (χ1) is 37.1. The van der Waals surface area contributed by atoms with E-state index in [9.17, 15) is 19.2 Å². The lowest BCUT2D eigenvalue weighted by molar-refractivity contribution is -0.119. The summed E-state index contributed by atoms with van der Waals surface area (Å²) in [5.41, 5.74) is 15.4. The molecule has 2 atom stereocenters. The molecule has 7 heterocycles. The number of ether oxygens (including phenoxy) is 2. The SMILES string of the molecule is CC(=O)NC[C@H]1CN(c2ccc3c(c2)CCCc2c(-c4cc5ccc(-c6cccc7oc(-c8n[nH]c9c8CCCc8cc(N%10C[C@H](CNC(=O)c%11cc%12ccccc%12o%11)OC%10=O)ccc8-9)cc67)cc5o4)n[nH]c2-3)C(=O)O1. The number of carbonyl (C=O) groups is 4. The van der Waals surface area contributed by atoms with Crippen LogP contribution in [-0.2, 0) is 40.0 Å². The van der Waals surface area contributed by atoms with Crippen LogP contribution in [0.1, 0.15) is 52.6 Å². The molecule has 0 spiro atoms. The summed E-state index contributed by atoms with van der Waals surface area (Å²) in [5, 5.41) is 24.7. The maximum atomic E-state index is 13.2. The number of fused-ring (bicyclic) bond motifs is 9. The van der Waals surface area contributed by atoms with Gasteiger partial charge in [-0.25, -0.2) is 9.59 Å². The van der Waals surface area contributed by atoms with E-state index in [1.165, 1.54) is 6.92 Å². The van der Waals surface area contributed by atoms with Gasteiger partial charge in [0.15, 0.2) is 17.3 Å². The number of aryl methyl sites for hydroxylation is 2. The largest absolute Gasteiger partial charge is 0.454 e. The van der Waals surface area contributed by atoms with Crippen LogP contribution in [0.4, 0.5) is 21.0 Å². The Morgan fingerprint density at radius 1 is 0.592 bits per heavy atom. The van der Waals surface area contributed by atoms with Crippen molar-refractivity contribution in [2.24, 2.45) is 0 Å². The third-order valence-electron chi connectivity index (χ3n) is 15.1. The molecule has 14 rings (SSSR count). The molecule has 76 heavy (non-hydrogen) atoms. The number of anilines is 2. The monoisotopic (exact) mass is 1010 g/mol. The number of H-pyrrole nitrogens is 2. The molecule has 0 unspecified atom stereocenters. The lowest BCUT2D eigenvalue weighted by atomic mass is 9.99. The van der Waals surface area contributed by atoms with Gasteiger partial charge in [-0.3, -0.25) is 29.6 Å². The Balaban J connectivity index is 0.687. The maximum Gasteiger partial charge on any atom is 0.414 e. The van der Waals surface area contributed by atoms with Crippen LogP contribution in [0.2, 0.25) is 0 Å². The third-order valence-corrected chi connectivity index (χ3v) is 15.1. The second-order valence-electron chi connectivity index (χ2n) is 20.0.